The van der Waals surface area contributed by atoms with Crippen molar-refractivity contribution in [2.75, 3.05) is 40.3 Å². The molecule has 0 aromatic heterocycles. The van der Waals surface area contributed by atoms with Crippen molar-refractivity contribution in [3.05, 3.63) is 29.8 Å². The quantitative estimate of drug-likeness (QED) is 0.916. The summed E-state index contributed by atoms with van der Waals surface area (Å²) in [5.74, 6) is 0.882. The molecule has 5 heteroatoms. The maximum Gasteiger partial charge on any atom is 0.320 e. The van der Waals surface area contributed by atoms with Gasteiger partial charge < -0.3 is 19.9 Å². The largest absolute Gasteiger partial charge is 0.496 e. The van der Waals surface area contributed by atoms with Crippen molar-refractivity contribution in [3.63, 3.8) is 0 Å². The van der Waals surface area contributed by atoms with Gasteiger partial charge in [0.1, 0.15) is 5.75 Å². The highest BCUT2D eigenvalue weighted by molar-refractivity contribution is 5.74. The van der Waals surface area contributed by atoms with Gasteiger partial charge in [0.05, 0.1) is 7.11 Å². The molecule has 1 aliphatic rings. The van der Waals surface area contributed by atoms with Gasteiger partial charge in [-0.05, 0) is 25.0 Å². The molecule has 1 saturated heterocycles. The number of piperazine rings is 1. The van der Waals surface area contributed by atoms with E-state index in [9.17, 15) is 4.79 Å². The SMILES string of the molecule is COc1ccccc1CC(C)N(C)C(=O)N1CCNCC1. The summed E-state index contributed by atoms with van der Waals surface area (Å²) in [6.45, 7) is 5.39. The number of nitrogens with zero attached hydrogens (tertiary/aromatic N) is 2. The third kappa shape index (κ3) is 3.88. The summed E-state index contributed by atoms with van der Waals surface area (Å²) in [6.07, 6.45) is 0.790. The molecule has 1 unspecified atom stereocenters. The van der Waals surface area contributed by atoms with Crippen molar-refractivity contribution in [2.24, 2.45) is 0 Å². The van der Waals surface area contributed by atoms with Gasteiger partial charge in [0.15, 0.2) is 0 Å². The second kappa shape index (κ2) is 7.31. The smallest absolute Gasteiger partial charge is 0.320 e. The minimum Gasteiger partial charge on any atom is -0.496 e. The normalized spacial score (nSPS) is 16.4. The van der Waals surface area contributed by atoms with Crippen LogP contribution in [0.15, 0.2) is 24.3 Å². The number of hydrogen-bond acceptors (Lipinski definition) is 3. The van der Waals surface area contributed by atoms with E-state index in [4.69, 9.17) is 4.74 Å². The van der Waals surface area contributed by atoms with E-state index in [1.807, 2.05) is 35.0 Å². The van der Waals surface area contributed by atoms with E-state index in [2.05, 4.69) is 18.3 Å². The summed E-state index contributed by atoms with van der Waals surface area (Å²) in [4.78, 5) is 16.2. The lowest BCUT2D eigenvalue weighted by atomic mass is 10.1. The zero-order valence-electron chi connectivity index (χ0n) is 13.1. The van der Waals surface area contributed by atoms with Gasteiger partial charge in [-0.3, -0.25) is 0 Å². The predicted octanol–water partition coefficient (Wildman–Crippen LogP) is 1.58. The number of amides is 2. The van der Waals surface area contributed by atoms with Gasteiger partial charge in [0, 0.05) is 39.3 Å². The van der Waals surface area contributed by atoms with Crippen molar-refractivity contribution in [2.45, 2.75) is 19.4 Å². The second-order valence-corrected chi connectivity index (χ2v) is 5.50. The first-order valence-electron chi connectivity index (χ1n) is 7.48. The van der Waals surface area contributed by atoms with Gasteiger partial charge in [-0.15, -0.1) is 0 Å². The standard InChI is InChI=1S/C16H25N3O2/c1-13(12-14-6-4-5-7-15(14)21-3)18(2)16(20)19-10-8-17-9-11-19/h4-7,13,17H,8-12H2,1-3H3. The van der Waals surface area contributed by atoms with Crippen LogP contribution in [-0.4, -0.2) is 62.2 Å². The molecule has 1 heterocycles. The predicted molar refractivity (Wildman–Crippen MR) is 83.8 cm³/mol. The van der Waals surface area contributed by atoms with Gasteiger partial charge in [-0.2, -0.15) is 0 Å². The van der Waals surface area contributed by atoms with Crippen molar-refractivity contribution in [1.29, 1.82) is 0 Å². The molecule has 0 radical (unpaired) electrons. The van der Waals surface area contributed by atoms with Crippen molar-refractivity contribution in [3.8, 4) is 5.75 Å². The highest BCUT2D eigenvalue weighted by atomic mass is 16.5. The fourth-order valence-corrected chi connectivity index (χ4v) is 2.59. The number of benzene rings is 1. The molecule has 1 fully saturated rings. The summed E-state index contributed by atoms with van der Waals surface area (Å²) in [6, 6.07) is 8.21. The fourth-order valence-electron chi connectivity index (χ4n) is 2.59. The maximum absolute atomic E-state index is 12.5. The Labute approximate surface area is 126 Å². The monoisotopic (exact) mass is 291 g/mol. The first-order valence-corrected chi connectivity index (χ1v) is 7.48. The van der Waals surface area contributed by atoms with E-state index < -0.39 is 0 Å². The number of methoxy groups -OCH3 is 1. The van der Waals surface area contributed by atoms with E-state index >= 15 is 0 Å². The number of ether oxygens (including phenoxy) is 1. The average Bonchev–Trinajstić information content (AvgIpc) is 2.54. The number of likely N-dealkylation sites (N-methyl/N-ethyl adjacent to an activating group) is 1. The molecule has 1 atom stereocenters. The number of carbonyl (C=O) groups is 1. The van der Waals surface area contributed by atoms with E-state index in [1.165, 1.54) is 0 Å². The third-order valence-electron chi connectivity index (χ3n) is 4.06. The summed E-state index contributed by atoms with van der Waals surface area (Å²) in [7, 11) is 3.56. The molecule has 116 valence electrons. The van der Waals surface area contributed by atoms with Crippen LogP contribution in [0.25, 0.3) is 0 Å². The van der Waals surface area contributed by atoms with E-state index in [0.29, 0.717) is 0 Å². The minimum atomic E-state index is 0.110. The van der Waals surface area contributed by atoms with Gasteiger partial charge >= 0.3 is 6.03 Å². The summed E-state index contributed by atoms with van der Waals surface area (Å²) >= 11 is 0. The topological polar surface area (TPSA) is 44.8 Å². The first-order chi connectivity index (χ1) is 10.1. The van der Waals surface area contributed by atoms with E-state index in [-0.39, 0.29) is 12.1 Å². The van der Waals surface area contributed by atoms with Crippen LogP contribution in [0, 0.1) is 0 Å². The van der Waals surface area contributed by atoms with E-state index in [0.717, 1.165) is 43.9 Å². The lowest BCUT2D eigenvalue weighted by Crippen LogP contribution is -2.52. The summed E-state index contributed by atoms with van der Waals surface area (Å²) in [5, 5.41) is 3.26. The van der Waals surface area contributed by atoms with Crippen LogP contribution in [0.3, 0.4) is 0 Å². The van der Waals surface area contributed by atoms with Gasteiger partial charge in [0.25, 0.3) is 0 Å². The van der Waals surface area contributed by atoms with E-state index in [1.54, 1.807) is 7.11 Å². The number of para-hydroxylation sites is 1. The molecular formula is C16H25N3O2. The maximum atomic E-state index is 12.5. The zero-order valence-corrected chi connectivity index (χ0v) is 13.1. The Morgan fingerprint density at radius 1 is 1.38 bits per heavy atom. The molecular weight excluding hydrogens is 266 g/mol. The first kappa shape index (κ1) is 15.6. The second-order valence-electron chi connectivity index (χ2n) is 5.50. The molecule has 1 aromatic carbocycles. The lowest BCUT2D eigenvalue weighted by Gasteiger charge is -2.34. The number of nitrogens with one attached hydrogen (secondary N) is 1. The fraction of sp³-hybridized carbons (Fsp3) is 0.562. The van der Waals surface area contributed by atoms with Crippen molar-refractivity contribution in [1.82, 2.24) is 15.1 Å². The molecule has 0 spiro atoms. The summed E-state index contributed by atoms with van der Waals surface area (Å²) in [5.41, 5.74) is 1.13. The highest BCUT2D eigenvalue weighted by Crippen LogP contribution is 2.20. The number of urea groups is 1. The van der Waals surface area contributed by atoms with Crippen LogP contribution in [0.4, 0.5) is 4.79 Å². The Hall–Kier alpha value is -1.75. The Balaban J connectivity index is 1.98. The van der Waals surface area contributed by atoms with Crippen LogP contribution in [0.1, 0.15) is 12.5 Å². The molecule has 1 aliphatic heterocycles. The third-order valence-corrected chi connectivity index (χ3v) is 4.06. The highest BCUT2D eigenvalue weighted by Gasteiger charge is 2.23. The van der Waals surface area contributed by atoms with Crippen LogP contribution in [0.2, 0.25) is 0 Å². The van der Waals surface area contributed by atoms with Gasteiger partial charge in [0.2, 0.25) is 0 Å². The molecule has 0 saturated carbocycles. The minimum absolute atomic E-state index is 0.110. The Bertz CT molecular complexity index is 472. The van der Waals surface area contributed by atoms with Crippen molar-refractivity contribution >= 4 is 6.03 Å². The number of hydrogen-bond donors (Lipinski definition) is 1. The van der Waals surface area contributed by atoms with Crippen molar-refractivity contribution < 1.29 is 9.53 Å². The Kier molecular flexibility index (Phi) is 5.44. The number of carbonyl (C=O) groups excluding carboxylic acids is 1. The average molecular weight is 291 g/mol. The van der Waals surface area contributed by atoms with Crippen LogP contribution in [-0.2, 0) is 6.42 Å². The van der Waals surface area contributed by atoms with Crippen LogP contribution < -0.4 is 10.1 Å². The molecule has 0 aliphatic carbocycles. The molecule has 2 rings (SSSR count). The number of rotatable bonds is 4. The Morgan fingerprint density at radius 2 is 2.05 bits per heavy atom. The molecule has 21 heavy (non-hydrogen) atoms. The Morgan fingerprint density at radius 3 is 2.71 bits per heavy atom. The molecule has 2 amide bonds. The van der Waals surface area contributed by atoms with Crippen LogP contribution >= 0.6 is 0 Å². The zero-order chi connectivity index (χ0) is 15.2. The molecule has 1 N–H and O–H groups in total. The molecule has 1 aromatic rings. The molecule has 0 bridgehead atoms. The lowest BCUT2D eigenvalue weighted by molar-refractivity contribution is 0.143. The van der Waals surface area contributed by atoms with Crippen LogP contribution in [0.5, 0.6) is 5.75 Å². The summed E-state index contributed by atoms with van der Waals surface area (Å²) < 4.78 is 5.38. The van der Waals surface area contributed by atoms with Gasteiger partial charge in [-0.25, -0.2) is 4.79 Å². The van der Waals surface area contributed by atoms with Gasteiger partial charge in [-0.1, -0.05) is 18.2 Å². The molecule has 5 nitrogen and oxygen atoms in total.